The number of rotatable bonds is 2. The molecule has 0 aliphatic rings. The third kappa shape index (κ3) is 2.18. The number of hydrogen-bond acceptors (Lipinski definition) is 2. The van der Waals surface area contributed by atoms with Gasteiger partial charge in [0.2, 0.25) is 0 Å². The summed E-state index contributed by atoms with van der Waals surface area (Å²) in [6.07, 6.45) is -0.0167. The van der Waals surface area contributed by atoms with Gasteiger partial charge in [0.25, 0.3) is 0 Å². The highest BCUT2D eigenvalue weighted by Gasteiger charge is 2.25. The zero-order valence-corrected chi connectivity index (χ0v) is 9.19. The van der Waals surface area contributed by atoms with Crippen molar-refractivity contribution in [3.8, 4) is 12.1 Å². The normalized spacial score (nSPS) is 10.9. The smallest absolute Gasteiger partial charge is 0.169 e. The fourth-order valence-electron chi connectivity index (χ4n) is 1.43. The van der Waals surface area contributed by atoms with Gasteiger partial charge in [-0.2, -0.15) is 10.5 Å². The average molecular weight is 254 g/mol. The Morgan fingerprint density at radius 3 is 1.94 bits per heavy atom. The molecule has 0 N–H and O–H groups in total. The van der Waals surface area contributed by atoms with Crippen LogP contribution in [0.25, 0.3) is 5.57 Å². The number of nitrogens with zero attached hydrogens (tertiary/aromatic N) is 2. The van der Waals surface area contributed by atoms with E-state index in [4.69, 9.17) is 10.5 Å². The average Bonchev–Trinajstić information content (AvgIpc) is 2.33. The highest BCUT2D eigenvalue weighted by Crippen LogP contribution is 2.29. The second-order valence-electron chi connectivity index (χ2n) is 3.40. The van der Waals surface area contributed by atoms with Gasteiger partial charge in [-0.1, -0.05) is 0 Å². The van der Waals surface area contributed by atoms with E-state index in [9.17, 15) is 17.6 Å². The van der Waals surface area contributed by atoms with E-state index in [2.05, 4.69) is 0 Å². The van der Waals surface area contributed by atoms with Gasteiger partial charge < -0.3 is 0 Å². The van der Waals surface area contributed by atoms with Crippen LogP contribution < -0.4 is 0 Å². The lowest BCUT2D eigenvalue weighted by atomic mass is 10.0. The molecule has 0 saturated carbocycles. The molecule has 0 atom stereocenters. The number of nitriles is 2. The Hall–Kier alpha value is -2.34. The molecule has 0 spiro atoms. The summed E-state index contributed by atoms with van der Waals surface area (Å²) in [7, 11) is 0. The van der Waals surface area contributed by atoms with Gasteiger partial charge in [-0.3, -0.25) is 0 Å². The Kier molecular flexibility index (Phi) is 4.06. The van der Waals surface area contributed by atoms with Gasteiger partial charge in [-0.25, -0.2) is 17.6 Å². The third-order valence-corrected chi connectivity index (χ3v) is 2.29. The Balaban J connectivity index is 3.66. The molecule has 1 aromatic carbocycles. The first-order valence-corrected chi connectivity index (χ1v) is 4.74. The standard InChI is InChI=1S/C12H6F4N2/c1-6(2-4-17)8-11(15)9(13)7(3-5-18)10(14)12(8)16/h2H,3H2,1H3. The summed E-state index contributed by atoms with van der Waals surface area (Å²) in [4.78, 5) is 0. The topological polar surface area (TPSA) is 47.6 Å². The molecule has 0 bridgehead atoms. The molecule has 0 amide bonds. The van der Waals surface area contributed by atoms with Crippen LogP contribution in [0, 0.1) is 45.9 Å². The monoisotopic (exact) mass is 254 g/mol. The van der Waals surface area contributed by atoms with Crippen LogP contribution in [0.4, 0.5) is 17.6 Å². The van der Waals surface area contributed by atoms with Crippen molar-refractivity contribution >= 4 is 5.57 Å². The molecule has 0 aromatic heterocycles. The lowest BCUT2D eigenvalue weighted by Crippen LogP contribution is -2.07. The van der Waals surface area contributed by atoms with Crippen molar-refractivity contribution in [2.75, 3.05) is 0 Å². The highest BCUT2D eigenvalue weighted by atomic mass is 19.2. The molecule has 0 unspecified atom stereocenters. The van der Waals surface area contributed by atoms with Crippen LogP contribution in [0.15, 0.2) is 6.08 Å². The molecule has 0 radical (unpaired) electrons. The minimum absolute atomic E-state index is 0.242. The summed E-state index contributed by atoms with van der Waals surface area (Å²) >= 11 is 0. The van der Waals surface area contributed by atoms with Gasteiger partial charge in [0.05, 0.1) is 24.1 Å². The SMILES string of the molecule is CC(=CC#N)c1c(F)c(F)c(CC#N)c(F)c1F. The Morgan fingerprint density at radius 1 is 1.06 bits per heavy atom. The molecule has 0 saturated heterocycles. The summed E-state index contributed by atoms with van der Waals surface area (Å²) < 4.78 is 54.0. The molecule has 18 heavy (non-hydrogen) atoms. The number of allylic oxidation sites excluding steroid dienone is 2. The van der Waals surface area contributed by atoms with Gasteiger partial charge in [0.15, 0.2) is 23.3 Å². The molecular weight excluding hydrogens is 248 g/mol. The second-order valence-corrected chi connectivity index (χ2v) is 3.40. The minimum atomic E-state index is -1.61. The van der Waals surface area contributed by atoms with Gasteiger partial charge in [0.1, 0.15) is 0 Å². The van der Waals surface area contributed by atoms with E-state index in [-0.39, 0.29) is 5.57 Å². The molecular formula is C12H6F4N2. The van der Waals surface area contributed by atoms with E-state index in [1.165, 1.54) is 12.1 Å². The summed E-state index contributed by atoms with van der Waals surface area (Å²) in [5.41, 5.74) is -2.14. The van der Waals surface area contributed by atoms with Crippen molar-refractivity contribution in [3.63, 3.8) is 0 Å². The maximum absolute atomic E-state index is 13.6. The van der Waals surface area contributed by atoms with Crippen molar-refractivity contribution in [3.05, 3.63) is 40.5 Å². The first kappa shape index (κ1) is 13.7. The van der Waals surface area contributed by atoms with Crippen molar-refractivity contribution in [1.29, 1.82) is 10.5 Å². The lowest BCUT2D eigenvalue weighted by molar-refractivity contribution is 0.439. The first-order valence-electron chi connectivity index (χ1n) is 4.74. The van der Waals surface area contributed by atoms with E-state index < -0.39 is 40.8 Å². The van der Waals surface area contributed by atoms with E-state index in [1.807, 2.05) is 0 Å². The van der Waals surface area contributed by atoms with Gasteiger partial charge in [0, 0.05) is 11.6 Å². The van der Waals surface area contributed by atoms with Crippen LogP contribution in [-0.2, 0) is 6.42 Å². The number of hydrogen-bond donors (Lipinski definition) is 0. The van der Waals surface area contributed by atoms with Crippen LogP contribution in [-0.4, -0.2) is 0 Å². The first-order chi connectivity index (χ1) is 8.45. The summed E-state index contributed by atoms with van der Waals surface area (Å²) in [6, 6.07) is 2.92. The van der Waals surface area contributed by atoms with Gasteiger partial charge >= 0.3 is 0 Å². The molecule has 0 fully saturated rings. The Morgan fingerprint density at radius 2 is 1.56 bits per heavy atom. The van der Waals surface area contributed by atoms with Crippen LogP contribution in [0.3, 0.4) is 0 Å². The predicted molar refractivity (Wildman–Crippen MR) is 54.9 cm³/mol. The summed E-state index contributed by atoms with van der Waals surface area (Å²) in [5, 5.41) is 16.7. The molecule has 0 heterocycles. The maximum Gasteiger partial charge on any atom is 0.169 e. The number of halogens is 4. The summed E-state index contributed by atoms with van der Waals surface area (Å²) in [6.45, 7) is 1.15. The van der Waals surface area contributed by atoms with Crippen LogP contribution >= 0.6 is 0 Å². The maximum atomic E-state index is 13.6. The largest absolute Gasteiger partial charge is 0.203 e. The third-order valence-electron chi connectivity index (χ3n) is 2.29. The van der Waals surface area contributed by atoms with Crippen molar-refractivity contribution < 1.29 is 17.6 Å². The Bertz CT molecular complexity index is 577. The number of benzene rings is 1. The zero-order chi connectivity index (χ0) is 13.9. The quantitative estimate of drug-likeness (QED) is 0.462. The van der Waals surface area contributed by atoms with E-state index >= 15 is 0 Å². The summed E-state index contributed by atoms with van der Waals surface area (Å²) in [5.74, 6) is -6.45. The van der Waals surface area contributed by atoms with Crippen molar-refractivity contribution in [2.24, 2.45) is 0 Å². The fourth-order valence-corrected chi connectivity index (χ4v) is 1.43. The van der Waals surface area contributed by atoms with Crippen molar-refractivity contribution in [1.82, 2.24) is 0 Å². The fraction of sp³-hybridized carbons (Fsp3) is 0.167. The lowest BCUT2D eigenvalue weighted by Gasteiger charge is -2.10. The predicted octanol–water partition coefficient (Wildman–Crippen LogP) is 3.24. The van der Waals surface area contributed by atoms with E-state index in [1.54, 1.807) is 0 Å². The molecule has 1 aromatic rings. The van der Waals surface area contributed by atoms with Crippen LogP contribution in [0.5, 0.6) is 0 Å². The zero-order valence-electron chi connectivity index (χ0n) is 9.19. The van der Waals surface area contributed by atoms with E-state index in [0.29, 0.717) is 0 Å². The van der Waals surface area contributed by atoms with Gasteiger partial charge in [-0.15, -0.1) is 0 Å². The van der Waals surface area contributed by atoms with Crippen LogP contribution in [0.1, 0.15) is 18.1 Å². The van der Waals surface area contributed by atoms with Crippen LogP contribution in [0.2, 0.25) is 0 Å². The highest BCUT2D eigenvalue weighted by molar-refractivity contribution is 5.67. The molecule has 92 valence electrons. The molecule has 0 aliphatic carbocycles. The molecule has 1 rings (SSSR count). The van der Waals surface area contributed by atoms with Crippen molar-refractivity contribution in [2.45, 2.75) is 13.3 Å². The Labute approximate surface area is 100 Å². The second kappa shape index (κ2) is 5.33. The van der Waals surface area contributed by atoms with E-state index in [0.717, 1.165) is 13.0 Å². The molecule has 0 aliphatic heterocycles. The molecule has 6 heteroatoms. The molecule has 2 nitrogen and oxygen atoms in total. The minimum Gasteiger partial charge on any atom is -0.203 e. The van der Waals surface area contributed by atoms with Gasteiger partial charge in [-0.05, 0) is 12.5 Å².